The van der Waals surface area contributed by atoms with Gasteiger partial charge in [0, 0.05) is 90.1 Å². The maximum atomic E-state index is 5.41. The SMILES string of the molecule is CN1CCN(N2CCN(CC(C)(C)C)CC2)CC1CC(C)(C)N1CCN(C2COC2)CC1. The van der Waals surface area contributed by atoms with Gasteiger partial charge in [0.05, 0.1) is 19.3 Å². The fraction of sp³-hybridized carbons (Fsp3) is 1.00. The summed E-state index contributed by atoms with van der Waals surface area (Å²) >= 11 is 0. The van der Waals surface area contributed by atoms with Crippen molar-refractivity contribution in [2.75, 3.05) is 98.8 Å². The minimum atomic E-state index is 0.246. The van der Waals surface area contributed by atoms with Gasteiger partial charge in [-0.1, -0.05) is 20.8 Å². The van der Waals surface area contributed by atoms with E-state index in [0.717, 1.165) is 13.2 Å². The second-order valence-electron chi connectivity index (χ2n) is 12.6. The van der Waals surface area contributed by atoms with Crippen molar-refractivity contribution in [3.63, 3.8) is 0 Å². The predicted octanol–water partition coefficient (Wildman–Crippen LogP) is 1.37. The molecule has 0 radical (unpaired) electrons. The molecule has 7 heteroatoms. The Labute approximate surface area is 197 Å². The number of likely N-dealkylation sites (N-methyl/N-ethyl adjacent to an activating group) is 1. The summed E-state index contributed by atoms with van der Waals surface area (Å²) < 4.78 is 5.41. The van der Waals surface area contributed by atoms with Crippen LogP contribution in [-0.4, -0.2) is 146 Å². The van der Waals surface area contributed by atoms with Gasteiger partial charge in [-0.25, -0.2) is 10.0 Å². The van der Waals surface area contributed by atoms with Gasteiger partial charge in [-0.15, -0.1) is 0 Å². The smallest absolute Gasteiger partial charge is 0.0645 e. The van der Waals surface area contributed by atoms with E-state index in [2.05, 4.69) is 71.3 Å². The Bertz CT molecular complexity index is 588. The summed E-state index contributed by atoms with van der Waals surface area (Å²) in [7, 11) is 2.34. The second-order valence-corrected chi connectivity index (χ2v) is 12.6. The van der Waals surface area contributed by atoms with Crippen molar-refractivity contribution in [2.45, 2.75) is 58.7 Å². The average molecular weight is 451 g/mol. The lowest BCUT2D eigenvalue weighted by Gasteiger charge is -2.51. The van der Waals surface area contributed by atoms with Gasteiger partial charge in [-0.2, -0.15) is 0 Å². The summed E-state index contributed by atoms with van der Waals surface area (Å²) in [6.45, 7) is 28.2. The van der Waals surface area contributed by atoms with Crippen LogP contribution in [0.5, 0.6) is 0 Å². The van der Waals surface area contributed by atoms with Gasteiger partial charge in [-0.05, 0) is 32.7 Å². The number of piperazine rings is 3. The first-order valence-electron chi connectivity index (χ1n) is 13.1. The molecule has 1 unspecified atom stereocenters. The van der Waals surface area contributed by atoms with E-state index in [4.69, 9.17) is 4.74 Å². The van der Waals surface area contributed by atoms with Crippen LogP contribution in [0.1, 0.15) is 41.0 Å². The van der Waals surface area contributed by atoms with E-state index in [1.807, 2.05) is 0 Å². The maximum Gasteiger partial charge on any atom is 0.0645 e. The van der Waals surface area contributed by atoms with Gasteiger partial charge in [0.1, 0.15) is 0 Å². The fourth-order valence-corrected chi connectivity index (χ4v) is 6.09. The molecule has 4 rings (SSSR count). The molecular formula is C25H50N6O. The zero-order valence-electron chi connectivity index (χ0n) is 21.9. The Hall–Kier alpha value is -0.280. The van der Waals surface area contributed by atoms with E-state index < -0.39 is 0 Å². The van der Waals surface area contributed by atoms with Crippen LogP contribution in [0.2, 0.25) is 0 Å². The molecule has 4 aliphatic rings. The molecule has 4 fully saturated rings. The Morgan fingerprint density at radius 3 is 1.94 bits per heavy atom. The van der Waals surface area contributed by atoms with Gasteiger partial charge < -0.3 is 14.5 Å². The molecule has 0 bridgehead atoms. The van der Waals surface area contributed by atoms with Crippen molar-refractivity contribution < 1.29 is 4.74 Å². The molecule has 0 aromatic rings. The lowest BCUT2D eigenvalue weighted by molar-refractivity contribution is -0.106. The molecule has 0 aliphatic carbocycles. The van der Waals surface area contributed by atoms with Gasteiger partial charge in [0.15, 0.2) is 0 Å². The summed E-state index contributed by atoms with van der Waals surface area (Å²) in [6.07, 6.45) is 1.25. The molecule has 32 heavy (non-hydrogen) atoms. The van der Waals surface area contributed by atoms with Crippen LogP contribution < -0.4 is 0 Å². The van der Waals surface area contributed by atoms with Crippen LogP contribution in [0.4, 0.5) is 0 Å². The van der Waals surface area contributed by atoms with Crippen molar-refractivity contribution in [1.82, 2.24) is 29.6 Å². The Morgan fingerprint density at radius 2 is 1.38 bits per heavy atom. The third kappa shape index (κ3) is 6.23. The molecule has 7 nitrogen and oxygen atoms in total. The molecule has 4 aliphatic heterocycles. The van der Waals surface area contributed by atoms with Crippen molar-refractivity contribution in [2.24, 2.45) is 5.41 Å². The van der Waals surface area contributed by atoms with Crippen LogP contribution >= 0.6 is 0 Å². The largest absolute Gasteiger partial charge is 0.378 e. The average Bonchev–Trinajstić information content (AvgIpc) is 2.68. The van der Waals surface area contributed by atoms with E-state index in [9.17, 15) is 0 Å². The van der Waals surface area contributed by atoms with E-state index in [1.165, 1.54) is 85.0 Å². The van der Waals surface area contributed by atoms with E-state index in [1.54, 1.807) is 0 Å². The number of ether oxygens (including phenoxy) is 1. The van der Waals surface area contributed by atoms with Gasteiger partial charge in [-0.3, -0.25) is 9.80 Å². The van der Waals surface area contributed by atoms with Crippen molar-refractivity contribution in [3.05, 3.63) is 0 Å². The second kappa shape index (κ2) is 10.1. The predicted molar refractivity (Wildman–Crippen MR) is 132 cm³/mol. The zero-order valence-corrected chi connectivity index (χ0v) is 21.9. The van der Waals surface area contributed by atoms with E-state index >= 15 is 0 Å². The van der Waals surface area contributed by atoms with E-state index in [-0.39, 0.29) is 5.54 Å². The van der Waals surface area contributed by atoms with Crippen molar-refractivity contribution in [1.29, 1.82) is 0 Å². The first-order valence-corrected chi connectivity index (χ1v) is 13.1. The minimum absolute atomic E-state index is 0.246. The summed E-state index contributed by atoms with van der Waals surface area (Å²) in [5, 5.41) is 5.34. The maximum absolute atomic E-state index is 5.41. The number of hydrogen-bond acceptors (Lipinski definition) is 7. The van der Waals surface area contributed by atoms with Gasteiger partial charge in [0.25, 0.3) is 0 Å². The topological polar surface area (TPSA) is 28.7 Å². The van der Waals surface area contributed by atoms with Gasteiger partial charge >= 0.3 is 0 Å². The number of hydrazine groups is 1. The highest BCUT2D eigenvalue weighted by Gasteiger charge is 2.38. The van der Waals surface area contributed by atoms with E-state index in [0.29, 0.717) is 17.5 Å². The van der Waals surface area contributed by atoms with Crippen LogP contribution in [0, 0.1) is 5.41 Å². The summed E-state index contributed by atoms with van der Waals surface area (Å²) in [6, 6.07) is 1.31. The highest BCUT2D eigenvalue weighted by molar-refractivity contribution is 4.94. The highest BCUT2D eigenvalue weighted by atomic mass is 16.5. The number of hydrogen-bond donors (Lipinski definition) is 0. The van der Waals surface area contributed by atoms with Crippen molar-refractivity contribution >= 4 is 0 Å². The third-order valence-corrected chi connectivity index (χ3v) is 8.24. The summed E-state index contributed by atoms with van der Waals surface area (Å²) in [5.74, 6) is 0. The van der Waals surface area contributed by atoms with Crippen LogP contribution in [0.3, 0.4) is 0 Å². The highest BCUT2D eigenvalue weighted by Crippen LogP contribution is 2.27. The molecule has 0 saturated carbocycles. The van der Waals surface area contributed by atoms with Crippen LogP contribution in [-0.2, 0) is 4.74 Å². The molecule has 0 amide bonds. The van der Waals surface area contributed by atoms with Gasteiger partial charge in [0.2, 0.25) is 0 Å². The lowest BCUT2D eigenvalue weighted by atomic mass is 9.90. The van der Waals surface area contributed by atoms with Crippen LogP contribution in [0.25, 0.3) is 0 Å². The molecule has 0 N–H and O–H groups in total. The summed E-state index contributed by atoms with van der Waals surface area (Å²) in [5.41, 5.74) is 0.638. The molecule has 4 heterocycles. The molecule has 0 aromatic carbocycles. The molecule has 0 spiro atoms. The zero-order chi connectivity index (χ0) is 22.9. The minimum Gasteiger partial charge on any atom is -0.378 e. The first kappa shape index (κ1) is 24.8. The molecular weight excluding hydrogens is 400 g/mol. The van der Waals surface area contributed by atoms with Crippen molar-refractivity contribution in [3.8, 4) is 0 Å². The lowest BCUT2D eigenvalue weighted by Crippen LogP contribution is -2.64. The third-order valence-electron chi connectivity index (χ3n) is 8.24. The molecule has 186 valence electrons. The Kier molecular flexibility index (Phi) is 7.87. The van der Waals surface area contributed by atoms with Crippen LogP contribution in [0.15, 0.2) is 0 Å². The quantitative estimate of drug-likeness (QED) is 0.604. The Morgan fingerprint density at radius 1 is 0.750 bits per heavy atom. The number of rotatable bonds is 6. The standard InChI is InChI=1S/C25H50N6O/c1-24(2,3)21-27-8-15-30(16-9-27)31-14-7-26(6)22(18-31)17-25(4,5)29-12-10-28(11-13-29)23-19-32-20-23/h22-23H,7-21H2,1-6H3. The molecule has 0 aromatic heterocycles. The summed E-state index contributed by atoms with van der Waals surface area (Å²) in [4.78, 5) is 10.7. The first-order chi connectivity index (χ1) is 15.1. The molecule has 1 atom stereocenters. The fourth-order valence-electron chi connectivity index (χ4n) is 6.09. The monoisotopic (exact) mass is 450 g/mol. The normalized spacial score (nSPS) is 30.0. The molecule has 4 saturated heterocycles. The number of nitrogens with zero attached hydrogens (tertiary/aromatic N) is 6. The Balaban J connectivity index is 1.26.